The van der Waals surface area contributed by atoms with Crippen LogP contribution in [0, 0.1) is 0 Å². The summed E-state index contributed by atoms with van der Waals surface area (Å²) in [4.78, 5) is 16.5. The predicted octanol–water partition coefficient (Wildman–Crippen LogP) is 5.30. The van der Waals surface area contributed by atoms with Crippen LogP contribution < -0.4 is 9.64 Å². The highest BCUT2D eigenvalue weighted by atomic mass is 35.5. The number of rotatable bonds is 6. The van der Waals surface area contributed by atoms with Crippen LogP contribution in [0.25, 0.3) is 11.3 Å². The number of aromatic nitrogens is 2. The van der Waals surface area contributed by atoms with Crippen LogP contribution in [0.1, 0.15) is 25.3 Å². The zero-order chi connectivity index (χ0) is 23.4. The predicted molar refractivity (Wildman–Crippen MR) is 132 cm³/mol. The Hall–Kier alpha value is -2.83. The quantitative estimate of drug-likeness (QED) is 0.474. The zero-order valence-corrected chi connectivity index (χ0v) is 20.2. The zero-order valence-electron chi connectivity index (χ0n) is 18.7. The van der Waals surface area contributed by atoms with E-state index in [-0.39, 0.29) is 12.5 Å². The third-order valence-electron chi connectivity index (χ3n) is 5.72. The van der Waals surface area contributed by atoms with Gasteiger partial charge < -0.3 is 14.5 Å². The molecule has 1 fully saturated rings. The number of hydrogen-bond donors (Lipinski definition) is 0. The normalized spacial score (nSPS) is 14.0. The van der Waals surface area contributed by atoms with Gasteiger partial charge in [-0.25, -0.2) is 0 Å². The van der Waals surface area contributed by atoms with Crippen molar-refractivity contribution in [1.29, 1.82) is 0 Å². The molecular weight excluding hydrogens is 459 g/mol. The van der Waals surface area contributed by atoms with E-state index in [4.69, 9.17) is 27.9 Å². The maximum atomic E-state index is 12.6. The van der Waals surface area contributed by atoms with Gasteiger partial charge in [0.2, 0.25) is 0 Å². The number of benzene rings is 2. The number of anilines is 1. The maximum absolute atomic E-state index is 12.6. The molecule has 0 N–H and O–H groups in total. The summed E-state index contributed by atoms with van der Waals surface area (Å²) in [6.07, 6.45) is 0. The largest absolute Gasteiger partial charge is 0.484 e. The van der Waals surface area contributed by atoms with Gasteiger partial charge in [-0.05, 0) is 53.9 Å². The Morgan fingerprint density at radius 1 is 0.970 bits per heavy atom. The van der Waals surface area contributed by atoms with E-state index in [1.807, 2.05) is 47.4 Å². The summed E-state index contributed by atoms with van der Waals surface area (Å²) in [6, 6.07) is 17.0. The van der Waals surface area contributed by atoms with Crippen LogP contribution >= 0.6 is 23.2 Å². The summed E-state index contributed by atoms with van der Waals surface area (Å²) in [5.74, 6) is 1.94. The van der Waals surface area contributed by atoms with Crippen molar-refractivity contribution in [2.45, 2.75) is 19.8 Å². The monoisotopic (exact) mass is 484 g/mol. The highest BCUT2D eigenvalue weighted by Gasteiger charge is 2.22. The molecule has 1 saturated heterocycles. The van der Waals surface area contributed by atoms with Crippen molar-refractivity contribution >= 4 is 34.9 Å². The lowest BCUT2D eigenvalue weighted by Gasteiger charge is -2.35. The molecule has 0 atom stereocenters. The Bertz CT molecular complexity index is 1100. The first kappa shape index (κ1) is 23.3. The molecule has 8 heteroatoms. The summed E-state index contributed by atoms with van der Waals surface area (Å²) in [7, 11) is 0. The second-order valence-electron chi connectivity index (χ2n) is 8.28. The van der Waals surface area contributed by atoms with Crippen LogP contribution in [0.3, 0.4) is 0 Å². The summed E-state index contributed by atoms with van der Waals surface area (Å²) < 4.78 is 5.69. The molecule has 2 aromatic carbocycles. The second-order valence-corrected chi connectivity index (χ2v) is 9.12. The molecule has 1 amide bonds. The van der Waals surface area contributed by atoms with E-state index in [2.05, 4.69) is 28.9 Å². The van der Waals surface area contributed by atoms with Crippen molar-refractivity contribution in [1.82, 2.24) is 15.1 Å². The first-order valence-electron chi connectivity index (χ1n) is 11.0. The Kier molecular flexibility index (Phi) is 7.36. The van der Waals surface area contributed by atoms with Crippen molar-refractivity contribution in [2.24, 2.45) is 0 Å². The van der Waals surface area contributed by atoms with Crippen LogP contribution in [-0.4, -0.2) is 53.8 Å². The van der Waals surface area contributed by atoms with Crippen molar-refractivity contribution in [2.75, 3.05) is 37.7 Å². The highest BCUT2D eigenvalue weighted by Crippen LogP contribution is 2.29. The molecule has 1 aliphatic heterocycles. The highest BCUT2D eigenvalue weighted by molar-refractivity contribution is 6.36. The van der Waals surface area contributed by atoms with Gasteiger partial charge in [0.15, 0.2) is 12.4 Å². The number of carbonyl (C=O) groups is 1. The number of carbonyl (C=O) groups excluding carboxylic acids is 1. The minimum Gasteiger partial charge on any atom is -0.484 e. The van der Waals surface area contributed by atoms with E-state index in [9.17, 15) is 4.79 Å². The number of piperazine rings is 1. The molecule has 4 rings (SSSR count). The lowest BCUT2D eigenvalue weighted by Crippen LogP contribution is -2.50. The van der Waals surface area contributed by atoms with Gasteiger partial charge in [0, 0.05) is 36.8 Å². The van der Waals surface area contributed by atoms with Gasteiger partial charge in [0.05, 0.1) is 10.7 Å². The average Bonchev–Trinajstić information content (AvgIpc) is 2.83. The molecule has 0 spiro atoms. The molecule has 0 aliphatic carbocycles. The van der Waals surface area contributed by atoms with Crippen LogP contribution in [0.4, 0.5) is 5.82 Å². The van der Waals surface area contributed by atoms with Crippen molar-refractivity contribution in [3.8, 4) is 17.0 Å². The fourth-order valence-electron chi connectivity index (χ4n) is 3.70. The fraction of sp³-hybridized carbons (Fsp3) is 0.320. The molecule has 6 nitrogen and oxygen atoms in total. The van der Waals surface area contributed by atoms with Gasteiger partial charge in [-0.3, -0.25) is 4.79 Å². The summed E-state index contributed by atoms with van der Waals surface area (Å²) >= 11 is 12.2. The molecule has 0 bridgehead atoms. The van der Waals surface area contributed by atoms with Crippen molar-refractivity contribution < 1.29 is 9.53 Å². The van der Waals surface area contributed by atoms with Gasteiger partial charge in [-0.15, -0.1) is 10.2 Å². The van der Waals surface area contributed by atoms with Crippen LogP contribution in [0.5, 0.6) is 5.75 Å². The number of ether oxygens (including phenoxy) is 1. The van der Waals surface area contributed by atoms with Crippen molar-refractivity contribution in [3.63, 3.8) is 0 Å². The van der Waals surface area contributed by atoms with Crippen LogP contribution in [-0.2, 0) is 4.79 Å². The molecule has 1 aromatic heterocycles. The summed E-state index contributed by atoms with van der Waals surface area (Å²) in [5, 5.41) is 9.81. The number of amides is 1. The standard InChI is InChI=1S/C25H26Cl2N4O2/c1-17(2)18-3-6-20(7-4-18)33-16-25(32)31-13-11-30(12-14-31)24-10-9-23(28-29-24)21-8-5-19(26)15-22(21)27/h3-10,15,17H,11-14,16H2,1-2H3. The number of hydrogen-bond acceptors (Lipinski definition) is 5. The van der Waals surface area contributed by atoms with Gasteiger partial charge in [0.1, 0.15) is 5.75 Å². The van der Waals surface area contributed by atoms with Gasteiger partial charge in [0.25, 0.3) is 5.91 Å². The number of halogens is 2. The minimum absolute atomic E-state index is 0.0126. The first-order chi connectivity index (χ1) is 15.9. The first-order valence-corrected chi connectivity index (χ1v) is 11.7. The molecule has 0 saturated carbocycles. The lowest BCUT2D eigenvalue weighted by molar-refractivity contribution is -0.133. The molecule has 3 aromatic rings. The van der Waals surface area contributed by atoms with Crippen LogP contribution in [0.2, 0.25) is 10.0 Å². The Morgan fingerprint density at radius 3 is 2.30 bits per heavy atom. The van der Waals surface area contributed by atoms with Crippen molar-refractivity contribution in [3.05, 3.63) is 70.2 Å². The molecule has 1 aliphatic rings. The Morgan fingerprint density at radius 2 is 1.70 bits per heavy atom. The Labute approximate surface area is 204 Å². The van der Waals surface area contributed by atoms with Gasteiger partial charge in [-0.2, -0.15) is 0 Å². The smallest absolute Gasteiger partial charge is 0.260 e. The molecule has 2 heterocycles. The molecule has 0 unspecified atom stereocenters. The van der Waals surface area contributed by atoms with Gasteiger partial charge in [-0.1, -0.05) is 49.2 Å². The molecular formula is C25H26Cl2N4O2. The van der Waals surface area contributed by atoms with E-state index in [1.54, 1.807) is 12.1 Å². The maximum Gasteiger partial charge on any atom is 0.260 e. The van der Waals surface area contributed by atoms with E-state index >= 15 is 0 Å². The molecule has 0 radical (unpaired) electrons. The Balaban J connectivity index is 1.28. The second kappa shape index (κ2) is 10.4. The average molecular weight is 485 g/mol. The summed E-state index contributed by atoms with van der Waals surface area (Å²) in [5.41, 5.74) is 2.72. The van der Waals surface area contributed by atoms with Crippen LogP contribution in [0.15, 0.2) is 54.6 Å². The van der Waals surface area contributed by atoms with E-state index < -0.39 is 0 Å². The third-order valence-corrected chi connectivity index (χ3v) is 6.27. The molecule has 33 heavy (non-hydrogen) atoms. The van der Waals surface area contributed by atoms with E-state index in [1.165, 1.54) is 5.56 Å². The fourth-order valence-corrected chi connectivity index (χ4v) is 4.21. The SMILES string of the molecule is CC(C)c1ccc(OCC(=O)N2CCN(c3ccc(-c4ccc(Cl)cc4Cl)nn3)CC2)cc1. The minimum atomic E-state index is -0.0126. The van der Waals surface area contributed by atoms with E-state index in [0.717, 1.165) is 11.4 Å². The van der Waals surface area contributed by atoms with Gasteiger partial charge >= 0.3 is 0 Å². The third kappa shape index (κ3) is 5.75. The topological polar surface area (TPSA) is 58.6 Å². The lowest BCUT2D eigenvalue weighted by atomic mass is 10.0. The van der Waals surface area contributed by atoms with E-state index in [0.29, 0.717) is 53.6 Å². The summed E-state index contributed by atoms with van der Waals surface area (Å²) in [6.45, 7) is 6.93. The number of nitrogens with zero attached hydrogens (tertiary/aromatic N) is 4. The molecule has 172 valence electrons.